The third-order valence-electron chi connectivity index (χ3n) is 3.05. The monoisotopic (exact) mass is 283 g/mol. The van der Waals surface area contributed by atoms with Gasteiger partial charge in [0.15, 0.2) is 0 Å². The van der Waals surface area contributed by atoms with Gasteiger partial charge in [-0.3, -0.25) is 14.9 Å². The Morgan fingerprint density at radius 1 is 1.42 bits per heavy atom. The molecular weight excluding hydrogens is 270 g/mol. The third-order valence-corrected chi connectivity index (χ3v) is 3.29. The quantitative estimate of drug-likeness (QED) is 0.659. The SMILES string of the molecule is O=C1CC[C@@H](Nc2ccc(Cl)cc2[N+](=O)[O-])CCN1. The Morgan fingerprint density at radius 3 is 2.95 bits per heavy atom. The number of nitro benzene ring substituents is 1. The molecule has 1 fully saturated rings. The lowest BCUT2D eigenvalue weighted by Gasteiger charge is -2.16. The summed E-state index contributed by atoms with van der Waals surface area (Å²) < 4.78 is 0. The number of carbonyl (C=O) groups excluding carboxylic acids is 1. The summed E-state index contributed by atoms with van der Waals surface area (Å²) in [4.78, 5) is 21.7. The molecule has 1 aromatic rings. The Balaban J connectivity index is 2.14. The zero-order valence-corrected chi connectivity index (χ0v) is 10.9. The average molecular weight is 284 g/mol. The lowest BCUT2D eigenvalue weighted by atomic mass is 10.1. The van der Waals surface area contributed by atoms with E-state index >= 15 is 0 Å². The molecule has 1 aliphatic rings. The number of nitrogens with one attached hydrogen (secondary N) is 2. The van der Waals surface area contributed by atoms with Crippen LogP contribution in [0.2, 0.25) is 5.02 Å². The second-order valence-corrected chi connectivity index (χ2v) is 4.87. The van der Waals surface area contributed by atoms with Gasteiger partial charge in [0.2, 0.25) is 5.91 Å². The molecule has 1 saturated heterocycles. The molecule has 0 aromatic heterocycles. The first kappa shape index (κ1) is 13.6. The molecule has 1 atom stereocenters. The standard InChI is InChI=1S/C12H14ClN3O3/c13-8-1-3-10(11(7-8)16(18)19)15-9-2-4-12(17)14-6-5-9/h1,3,7,9,15H,2,4-6H2,(H,14,17)/t9-/m1/s1. The molecular formula is C12H14ClN3O3. The summed E-state index contributed by atoms with van der Waals surface area (Å²) in [6, 6.07) is 4.57. The van der Waals surface area contributed by atoms with Gasteiger partial charge in [-0.2, -0.15) is 0 Å². The largest absolute Gasteiger partial charge is 0.377 e. The van der Waals surface area contributed by atoms with Crippen LogP contribution in [-0.2, 0) is 4.79 Å². The van der Waals surface area contributed by atoms with Crippen LogP contribution in [0.25, 0.3) is 0 Å². The van der Waals surface area contributed by atoms with Crippen molar-refractivity contribution in [2.75, 3.05) is 11.9 Å². The van der Waals surface area contributed by atoms with Crippen LogP contribution in [0.4, 0.5) is 11.4 Å². The van der Waals surface area contributed by atoms with Gasteiger partial charge in [-0.1, -0.05) is 11.6 Å². The van der Waals surface area contributed by atoms with E-state index in [0.29, 0.717) is 30.1 Å². The van der Waals surface area contributed by atoms with Crippen molar-refractivity contribution < 1.29 is 9.72 Å². The second kappa shape index (κ2) is 5.88. The Kier molecular flexibility index (Phi) is 4.21. The highest BCUT2D eigenvalue weighted by molar-refractivity contribution is 6.30. The van der Waals surface area contributed by atoms with E-state index in [1.165, 1.54) is 6.07 Å². The van der Waals surface area contributed by atoms with Gasteiger partial charge >= 0.3 is 0 Å². The maximum atomic E-state index is 11.2. The molecule has 2 rings (SSSR count). The maximum Gasteiger partial charge on any atom is 0.293 e. The predicted molar refractivity (Wildman–Crippen MR) is 72.4 cm³/mol. The Morgan fingerprint density at radius 2 is 2.21 bits per heavy atom. The smallest absolute Gasteiger partial charge is 0.293 e. The van der Waals surface area contributed by atoms with E-state index in [2.05, 4.69) is 10.6 Å². The Bertz CT molecular complexity index is 507. The summed E-state index contributed by atoms with van der Waals surface area (Å²) in [7, 11) is 0. The first-order chi connectivity index (χ1) is 9.06. The second-order valence-electron chi connectivity index (χ2n) is 4.44. The van der Waals surface area contributed by atoms with Gasteiger partial charge in [-0.15, -0.1) is 0 Å². The van der Waals surface area contributed by atoms with Crippen LogP contribution in [-0.4, -0.2) is 23.4 Å². The zero-order valence-electron chi connectivity index (χ0n) is 10.2. The van der Waals surface area contributed by atoms with Gasteiger partial charge in [-0.25, -0.2) is 0 Å². The summed E-state index contributed by atoms with van der Waals surface area (Å²) in [5.41, 5.74) is 0.393. The van der Waals surface area contributed by atoms with Crippen LogP contribution in [0.1, 0.15) is 19.3 Å². The molecule has 0 saturated carbocycles. The number of benzene rings is 1. The van der Waals surface area contributed by atoms with Gasteiger partial charge < -0.3 is 10.6 Å². The molecule has 0 unspecified atom stereocenters. The van der Waals surface area contributed by atoms with Crippen molar-refractivity contribution in [3.63, 3.8) is 0 Å². The average Bonchev–Trinajstić information content (AvgIpc) is 2.56. The van der Waals surface area contributed by atoms with E-state index in [1.807, 2.05) is 0 Å². The highest BCUT2D eigenvalue weighted by Gasteiger charge is 2.20. The van der Waals surface area contributed by atoms with Crippen LogP contribution in [0.15, 0.2) is 18.2 Å². The maximum absolute atomic E-state index is 11.2. The molecule has 1 aromatic carbocycles. The van der Waals surface area contributed by atoms with E-state index in [1.54, 1.807) is 12.1 Å². The van der Waals surface area contributed by atoms with Gasteiger partial charge in [0.1, 0.15) is 5.69 Å². The highest BCUT2D eigenvalue weighted by atomic mass is 35.5. The summed E-state index contributed by atoms with van der Waals surface area (Å²) in [6.45, 7) is 0.581. The number of hydrogen-bond donors (Lipinski definition) is 2. The minimum Gasteiger partial charge on any atom is -0.377 e. The van der Waals surface area contributed by atoms with Crippen LogP contribution in [0.5, 0.6) is 0 Å². The Labute approximate surface area is 115 Å². The topological polar surface area (TPSA) is 84.3 Å². The van der Waals surface area contributed by atoms with Gasteiger partial charge in [0.25, 0.3) is 5.69 Å². The number of carbonyl (C=O) groups is 1. The fourth-order valence-corrected chi connectivity index (χ4v) is 2.23. The molecule has 0 radical (unpaired) electrons. The lowest BCUT2D eigenvalue weighted by molar-refractivity contribution is -0.384. The van der Waals surface area contributed by atoms with Gasteiger partial charge in [0, 0.05) is 30.1 Å². The number of nitrogens with zero attached hydrogens (tertiary/aromatic N) is 1. The molecule has 1 heterocycles. The number of hydrogen-bond acceptors (Lipinski definition) is 4. The van der Waals surface area contributed by atoms with Gasteiger partial charge in [-0.05, 0) is 25.0 Å². The first-order valence-electron chi connectivity index (χ1n) is 6.03. The molecule has 1 amide bonds. The summed E-state index contributed by atoms with van der Waals surface area (Å²) in [6.07, 6.45) is 1.83. The molecule has 7 heteroatoms. The fourth-order valence-electron chi connectivity index (χ4n) is 2.07. The van der Waals surface area contributed by atoms with E-state index < -0.39 is 4.92 Å². The Hall–Kier alpha value is -1.82. The van der Waals surface area contributed by atoms with E-state index in [9.17, 15) is 14.9 Å². The first-order valence-corrected chi connectivity index (χ1v) is 6.41. The third kappa shape index (κ3) is 3.57. The number of halogens is 1. The normalized spacial score (nSPS) is 19.4. The van der Waals surface area contributed by atoms with E-state index in [0.717, 1.165) is 6.42 Å². The van der Waals surface area contributed by atoms with Crippen molar-refractivity contribution in [1.82, 2.24) is 5.32 Å². The van der Waals surface area contributed by atoms with Crippen molar-refractivity contribution in [3.8, 4) is 0 Å². The minimum absolute atomic E-state index is 0.0231. The molecule has 6 nitrogen and oxygen atoms in total. The summed E-state index contributed by atoms with van der Waals surface area (Å²) in [5.74, 6) is 0.0231. The lowest BCUT2D eigenvalue weighted by Crippen LogP contribution is -2.23. The van der Waals surface area contributed by atoms with Gasteiger partial charge in [0.05, 0.1) is 4.92 Å². The van der Waals surface area contributed by atoms with Crippen molar-refractivity contribution in [3.05, 3.63) is 33.3 Å². The van der Waals surface area contributed by atoms with Crippen molar-refractivity contribution in [1.29, 1.82) is 0 Å². The highest BCUT2D eigenvalue weighted by Crippen LogP contribution is 2.29. The molecule has 0 spiro atoms. The molecule has 0 aliphatic carbocycles. The number of nitro groups is 1. The van der Waals surface area contributed by atoms with E-state index in [4.69, 9.17) is 11.6 Å². The van der Waals surface area contributed by atoms with Crippen LogP contribution >= 0.6 is 11.6 Å². The fraction of sp³-hybridized carbons (Fsp3) is 0.417. The number of anilines is 1. The van der Waals surface area contributed by atoms with Crippen molar-refractivity contribution in [2.24, 2.45) is 0 Å². The number of rotatable bonds is 3. The van der Waals surface area contributed by atoms with Crippen LogP contribution in [0.3, 0.4) is 0 Å². The number of amides is 1. The predicted octanol–water partition coefficient (Wildman–Crippen LogP) is 2.33. The molecule has 2 N–H and O–H groups in total. The zero-order chi connectivity index (χ0) is 13.8. The van der Waals surface area contributed by atoms with Crippen LogP contribution in [0, 0.1) is 10.1 Å². The van der Waals surface area contributed by atoms with Crippen molar-refractivity contribution in [2.45, 2.75) is 25.3 Å². The molecule has 102 valence electrons. The summed E-state index contributed by atoms with van der Waals surface area (Å²) in [5, 5.41) is 17.2. The van der Waals surface area contributed by atoms with Crippen molar-refractivity contribution >= 4 is 28.9 Å². The van der Waals surface area contributed by atoms with Crippen LogP contribution < -0.4 is 10.6 Å². The minimum atomic E-state index is -0.464. The molecule has 0 bridgehead atoms. The van der Waals surface area contributed by atoms with E-state index in [-0.39, 0.29) is 17.6 Å². The summed E-state index contributed by atoms with van der Waals surface area (Å²) >= 11 is 5.76. The molecule has 19 heavy (non-hydrogen) atoms. The molecule has 1 aliphatic heterocycles.